The van der Waals surface area contributed by atoms with Crippen LogP contribution in [0, 0.1) is 30.1 Å². The summed E-state index contributed by atoms with van der Waals surface area (Å²) in [6.07, 6.45) is 0.715. The summed E-state index contributed by atoms with van der Waals surface area (Å²) in [5, 5.41) is 28.7. The number of β-lactam (4-membered cyclic amide) rings is 1. The van der Waals surface area contributed by atoms with Crippen molar-refractivity contribution in [3.8, 4) is 6.07 Å². The molecule has 2 fully saturated rings. The van der Waals surface area contributed by atoms with Gasteiger partial charge in [-0.2, -0.15) is 5.26 Å². The van der Waals surface area contributed by atoms with Gasteiger partial charge in [-0.15, -0.1) is 16.9 Å². The fourth-order valence-electron chi connectivity index (χ4n) is 3.22. The zero-order valence-electron chi connectivity index (χ0n) is 14.7. The molecule has 1 saturated carbocycles. The van der Waals surface area contributed by atoms with Crippen LogP contribution in [0.2, 0.25) is 0 Å². The van der Waals surface area contributed by atoms with Gasteiger partial charge in [0.1, 0.15) is 22.9 Å². The Labute approximate surface area is 174 Å². The number of carboxylic acids is 1. The largest absolute Gasteiger partial charge is 0.477 e. The van der Waals surface area contributed by atoms with Crippen LogP contribution < -0.4 is 5.32 Å². The van der Waals surface area contributed by atoms with Crippen LogP contribution in [0.1, 0.15) is 12.2 Å². The highest BCUT2D eigenvalue weighted by atomic mass is 32.2. The highest BCUT2D eigenvalue weighted by Gasteiger charge is 2.55. The van der Waals surface area contributed by atoms with Crippen LogP contribution in [0.5, 0.6) is 0 Å². The van der Waals surface area contributed by atoms with Gasteiger partial charge in [-0.3, -0.25) is 14.8 Å². The molecule has 4 rings (SSSR count). The molecule has 3 aliphatic rings. The number of H-pyrrole nitrogens is 1. The first-order chi connectivity index (χ1) is 13.4. The molecule has 1 amide bonds. The van der Waals surface area contributed by atoms with E-state index in [0.717, 1.165) is 0 Å². The lowest BCUT2D eigenvalue weighted by Gasteiger charge is -2.49. The summed E-state index contributed by atoms with van der Waals surface area (Å²) in [5.41, 5.74) is 0.709. The van der Waals surface area contributed by atoms with Gasteiger partial charge in [0.15, 0.2) is 0 Å². The third-order valence-corrected chi connectivity index (χ3v) is 7.49. The molecule has 9 nitrogen and oxygen atoms in total. The van der Waals surface area contributed by atoms with Gasteiger partial charge in [-0.25, -0.2) is 9.78 Å². The van der Waals surface area contributed by atoms with Crippen molar-refractivity contribution in [1.82, 2.24) is 25.4 Å². The maximum absolute atomic E-state index is 12.7. The highest BCUT2D eigenvalue weighted by molar-refractivity contribution is 8.01. The number of aliphatic carboxylic acids is 1. The number of thioether (sulfide) groups is 2. The van der Waals surface area contributed by atoms with Crippen molar-refractivity contribution < 1.29 is 14.7 Å². The fourth-order valence-corrected chi connectivity index (χ4v) is 5.94. The number of fused-ring (bicyclic) bond motifs is 1. The van der Waals surface area contributed by atoms with Crippen molar-refractivity contribution >= 4 is 52.6 Å². The second-order valence-corrected chi connectivity index (χ2v) is 9.21. The van der Waals surface area contributed by atoms with Crippen molar-refractivity contribution in [2.75, 3.05) is 11.5 Å². The normalized spacial score (nSPS) is 28.3. The number of aromatic nitrogens is 3. The van der Waals surface area contributed by atoms with Crippen LogP contribution in [-0.4, -0.2) is 65.0 Å². The number of aryl methyl sites for hydroxylation is 1. The number of aromatic amines is 1. The molecule has 0 spiro atoms. The molecule has 1 unspecified atom stereocenters. The summed E-state index contributed by atoms with van der Waals surface area (Å²) in [7, 11) is 0. The van der Waals surface area contributed by atoms with Gasteiger partial charge in [0.05, 0.1) is 17.0 Å². The quantitative estimate of drug-likeness (QED) is 0.335. The third-order valence-electron chi connectivity index (χ3n) is 4.79. The average Bonchev–Trinajstić information content (AvgIpc) is 3.36. The van der Waals surface area contributed by atoms with Gasteiger partial charge >= 0.3 is 5.97 Å². The van der Waals surface area contributed by atoms with Gasteiger partial charge in [0.2, 0.25) is 5.16 Å². The van der Waals surface area contributed by atoms with Crippen molar-refractivity contribution in [3.05, 3.63) is 17.1 Å². The molecule has 146 valence electrons. The molecule has 2 aliphatic heterocycles. The Morgan fingerprint density at radius 2 is 2.39 bits per heavy atom. The van der Waals surface area contributed by atoms with Gasteiger partial charge < -0.3 is 10.4 Å². The first kappa shape index (κ1) is 19.2. The van der Waals surface area contributed by atoms with Gasteiger partial charge in [0.25, 0.3) is 5.91 Å². The molecule has 1 aromatic rings. The Hall–Kier alpha value is -2.10. The fraction of sp³-hybridized carbons (Fsp3) is 0.500. The SMILES string of the molecule is Cc1nc(SCC2=C(C(=O)O)N3C(=O)C(NC(=S)[C@H]4C[C@H]4C#N)[C@@H]3SC2)n[nH]1. The molecule has 28 heavy (non-hydrogen) atoms. The van der Waals surface area contributed by atoms with Crippen LogP contribution in [0.25, 0.3) is 0 Å². The standard InChI is InChI=1S/C16H16N6O3S3/c1-6-18-16(21-20-6)28-5-8-4-27-14-10(13(23)22(14)11(8)15(24)25)19-12(26)9-2-7(9)3-17/h7,9-10,14H,2,4-5H2,1H3,(H,19,26)(H,24,25)(H,18,20,21)/t7-,9-,10?,14-/m0/s1. The third kappa shape index (κ3) is 3.38. The Morgan fingerprint density at radius 3 is 3.00 bits per heavy atom. The molecule has 1 aliphatic carbocycles. The summed E-state index contributed by atoms with van der Waals surface area (Å²) < 4.78 is 0. The van der Waals surface area contributed by atoms with E-state index in [1.807, 2.05) is 0 Å². The second kappa shape index (κ2) is 7.38. The van der Waals surface area contributed by atoms with E-state index in [1.54, 1.807) is 6.92 Å². The van der Waals surface area contributed by atoms with E-state index >= 15 is 0 Å². The Balaban J connectivity index is 1.45. The number of hydrogen-bond acceptors (Lipinski definition) is 8. The zero-order chi connectivity index (χ0) is 20.0. The predicted molar refractivity (Wildman–Crippen MR) is 106 cm³/mol. The molecule has 12 heteroatoms. The van der Waals surface area contributed by atoms with Crippen molar-refractivity contribution in [2.45, 2.75) is 29.9 Å². The molecule has 0 bridgehead atoms. The number of nitrogens with zero attached hydrogens (tertiary/aromatic N) is 4. The number of thiocarbonyl (C=S) groups is 1. The molecular weight excluding hydrogens is 420 g/mol. The average molecular weight is 437 g/mol. The molecule has 3 N–H and O–H groups in total. The lowest BCUT2D eigenvalue weighted by molar-refractivity contribution is -0.148. The lowest BCUT2D eigenvalue weighted by Crippen LogP contribution is -2.70. The van der Waals surface area contributed by atoms with E-state index in [2.05, 4.69) is 26.6 Å². The molecule has 0 radical (unpaired) electrons. The number of carbonyl (C=O) groups is 2. The number of nitriles is 1. The van der Waals surface area contributed by atoms with Crippen LogP contribution in [-0.2, 0) is 9.59 Å². The van der Waals surface area contributed by atoms with Crippen LogP contribution in [0.3, 0.4) is 0 Å². The van der Waals surface area contributed by atoms with Crippen molar-refractivity contribution in [2.24, 2.45) is 11.8 Å². The summed E-state index contributed by atoms with van der Waals surface area (Å²) in [4.78, 5) is 30.6. The number of rotatable bonds is 6. The molecule has 3 heterocycles. The zero-order valence-corrected chi connectivity index (χ0v) is 17.2. The highest BCUT2D eigenvalue weighted by Crippen LogP contribution is 2.43. The molecule has 4 atom stereocenters. The minimum Gasteiger partial charge on any atom is -0.477 e. The lowest BCUT2D eigenvalue weighted by atomic mass is 10.0. The van der Waals surface area contributed by atoms with E-state index < -0.39 is 12.0 Å². The van der Waals surface area contributed by atoms with Crippen molar-refractivity contribution in [1.29, 1.82) is 5.26 Å². The topological polar surface area (TPSA) is 135 Å². The molecule has 1 aromatic heterocycles. The van der Waals surface area contributed by atoms with Crippen LogP contribution in [0.4, 0.5) is 0 Å². The number of amides is 1. The molecule has 1 saturated heterocycles. The minimum absolute atomic E-state index is 0.00157. The van der Waals surface area contributed by atoms with Crippen LogP contribution in [0.15, 0.2) is 16.4 Å². The summed E-state index contributed by atoms with van der Waals surface area (Å²) >= 11 is 8.16. The van der Waals surface area contributed by atoms with Gasteiger partial charge in [0, 0.05) is 17.4 Å². The van der Waals surface area contributed by atoms with E-state index in [1.165, 1.54) is 28.4 Å². The number of carboxylic acid groups (broad SMARTS) is 1. The van der Waals surface area contributed by atoms with Gasteiger partial charge in [-0.05, 0) is 18.9 Å². The van der Waals surface area contributed by atoms with Gasteiger partial charge in [-0.1, -0.05) is 24.0 Å². The summed E-state index contributed by atoms with van der Waals surface area (Å²) in [6, 6.07) is 1.63. The van der Waals surface area contributed by atoms with E-state index in [-0.39, 0.29) is 28.8 Å². The predicted octanol–water partition coefficient (Wildman–Crippen LogP) is 0.904. The number of hydrogen-bond donors (Lipinski definition) is 3. The van der Waals surface area contributed by atoms with E-state index in [4.69, 9.17) is 17.5 Å². The molecule has 0 aromatic carbocycles. The maximum Gasteiger partial charge on any atom is 0.352 e. The maximum atomic E-state index is 12.7. The first-order valence-electron chi connectivity index (χ1n) is 8.52. The monoisotopic (exact) mass is 436 g/mol. The van der Waals surface area contributed by atoms with E-state index in [9.17, 15) is 14.7 Å². The first-order valence-corrected chi connectivity index (χ1v) is 11.0. The van der Waals surface area contributed by atoms with E-state index in [0.29, 0.717) is 39.5 Å². The Morgan fingerprint density at radius 1 is 1.61 bits per heavy atom. The van der Waals surface area contributed by atoms with Crippen molar-refractivity contribution in [3.63, 3.8) is 0 Å². The Kier molecular flexibility index (Phi) is 5.07. The number of nitrogens with one attached hydrogen (secondary N) is 2. The summed E-state index contributed by atoms with van der Waals surface area (Å²) in [5.74, 6) is 0.0806. The smallest absolute Gasteiger partial charge is 0.352 e. The summed E-state index contributed by atoms with van der Waals surface area (Å²) in [6.45, 7) is 1.79. The molecular formula is C16H16N6O3S3. The Bertz CT molecular complexity index is 938. The second-order valence-electron chi connectivity index (χ2n) is 6.72. The number of carbonyl (C=O) groups excluding carboxylic acids is 1. The van der Waals surface area contributed by atoms with Crippen LogP contribution >= 0.6 is 35.7 Å². The minimum atomic E-state index is -1.12.